The van der Waals surface area contributed by atoms with Crippen LogP contribution in [0.3, 0.4) is 0 Å². The van der Waals surface area contributed by atoms with E-state index in [1.807, 2.05) is 12.1 Å². The van der Waals surface area contributed by atoms with Gasteiger partial charge in [0.05, 0.1) is 5.69 Å². The lowest BCUT2D eigenvalue weighted by Gasteiger charge is -2.22. The quantitative estimate of drug-likeness (QED) is 0.773. The van der Waals surface area contributed by atoms with Gasteiger partial charge in [0, 0.05) is 4.47 Å². The van der Waals surface area contributed by atoms with E-state index in [0.717, 1.165) is 9.37 Å². The fourth-order valence-electron chi connectivity index (χ4n) is 2.70. The molecule has 0 radical (unpaired) electrons. The summed E-state index contributed by atoms with van der Waals surface area (Å²) in [7, 11) is 0. The summed E-state index contributed by atoms with van der Waals surface area (Å²) in [6, 6.07) is 15.5. The Labute approximate surface area is 153 Å². The number of nitrogens with zero attached hydrogens (tertiary/aromatic N) is 1. The van der Waals surface area contributed by atoms with Crippen LogP contribution in [0.5, 0.6) is 0 Å². The number of carbonyl (C=O) groups excluding carboxylic acids is 3. The minimum absolute atomic E-state index is 0.353. The van der Waals surface area contributed by atoms with Crippen LogP contribution in [0.25, 0.3) is 0 Å². The number of nitrogens with one attached hydrogen (secondary N) is 2. The standard InChI is InChI=1S/C18H16BrN3O3/c1-18(12-7-3-2-4-8-12)16(24)22(17(25)21-18)11-15(23)20-14-10-6-5-9-13(14)19/h2-10H,11H2,1H3,(H,20,23)(H,21,25). The van der Waals surface area contributed by atoms with Gasteiger partial charge in [-0.15, -0.1) is 0 Å². The largest absolute Gasteiger partial charge is 0.325 e. The van der Waals surface area contributed by atoms with E-state index in [4.69, 9.17) is 0 Å². The van der Waals surface area contributed by atoms with Crippen LogP contribution in [0.15, 0.2) is 59.1 Å². The van der Waals surface area contributed by atoms with Gasteiger partial charge in [-0.1, -0.05) is 42.5 Å². The summed E-state index contributed by atoms with van der Waals surface area (Å²) in [6.07, 6.45) is 0. The molecule has 2 N–H and O–H groups in total. The van der Waals surface area contributed by atoms with Gasteiger partial charge in [-0.2, -0.15) is 0 Å². The van der Waals surface area contributed by atoms with Crippen molar-refractivity contribution >= 4 is 39.5 Å². The number of imide groups is 1. The van der Waals surface area contributed by atoms with Crippen molar-refractivity contribution in [1.29, 1.82) is 0 Å². The zero-order valence-electron chi connectivity index (χ0n) is 13.5. The van der Waals surface area contributed by atoms with Gasteiger partial charge in [-0.05, 0) is 40.5 Å². The summed E-state index contributed by atoms with van der Waals surface area (Å²) in [4.78, 5) is 38.2. The molecule has 1 fully saturated rings. The Morgan fingerprint density at radius 1 is 1.12 bits per heavy atom. The molecule has 1 heterocycles. The molecule has 0 saturated carbocycles. The van der Waals surface area contributed by atoms with Crippen LogP contribution >= 0.6 is 15.9 Å². The van der Waals surface area contributed by atoms with E-state index >= 15 is 0 Å². The van der Waals surface area contributed by atoms with E-state index in [9.17, 15) is 14.4 Å². The van der Waals surface area contributed by atoms with Crippen LogP contribution in [0.1, 0.15) is 12.5 Å². The van der Waals surface area contributed by atoms with Gasteiger partial charge in [0.15, 0.2) is 0 Å². The normalized spacial score (nSPS) is 19.7. The molecule has 2 aromatic rings. The predicted molar refractivity (Wildman–Crippen MR) is 96.8 cm³/mol. The molecule has 0 aliphatic carbocycles. The third-order valence-corrected chi connectivity index (χ3v) is 4.77. The summed E-state index contributed by atoms with van der Waals surface area (Å²) in [5, 5.41) is 5.36. The van der Waals surface area contributed by atoms with Gasteiger partial charge in [-0.3, -0.25) is 14.5 Å². The molecule has 4 amide bonds. The number of urea groups is 1. The van der Waals surface area contributed by atoms with Crippen molar-refractivity contribution in [3.8, 4) is 0 Å². The maximum absolute atomic E-state index is 12.7. The van der Waals surface area contributed by atoms with Crippen molar-refractivity contribution in [2.75, 3.05) is 11.9 Å². The number of hydrogen-bond donors (Lipinski definition) is 2. The maximum Gasteiger partial charge on any atom is 0.325 e. The number of amides is 4. The van der Waals surface area contributed by atoms with E-state index in [2.05, 4.69) is 26.6 Å². The number of carbonyl (C=O) groups is 3. The van der Waals surface area contributed by atoms with Gasteiger partial charge in [0.1, 0.15) is 12.1 Å². The summed E-state index contributed by atoms with van der Waals surface area (Å²) >= 11 is 3.34. The third-order valence-electron chi connectivity index (χ3n) is 4.08. The molecule has 7 heteroatoms. The number of anilines is 1. The van der Waals surface area contributed by atoms with Crippen LogP contribution in [-0.4, -0.2) is 29.3 Å². The third kappa shape index (κ3) is 3.28. The van der Waals surface area contributed by atoms with Crippen molar-refractivity contribution < 1.29 is 14.4 Å². The number of benzene rings is 2. The highest BCUT2D eigenvalue weighted by Crippen LogP contribution is 2.28. The molecule has 0 bridgehead atoms. The lowest BCUT2D eigenvalue weighted by molar-refractivity contribution is -0.133. The average Bonchev–Trinajstić information content (AvgIpc) is 2.82. The zero-order chi connectivity index (χ0) is 18.0. The Kier molecular flexibility index (Phi) is 4.59. The summed E-state index contributed by atoms with van der Waals surface area (Å²) in [5.41, 5.74) is 0.0683. The first-order chi connectivity index (χ1) is 11.9. The topological polar surface area (TPSA) is 78.5 Å². The summed E-state index contributed by atoms with van der Waals surface area (Å²) in [6.45, 7) is 1.28. The van der Waals surface area contributed by atoms with E-state index in [1.54, 1.807) is 49.4 Å². The Morgan fingerprint density at radius 3 is 2.44 bits per heavy atom. The molecule has 6 nitrogen and oxygen atoms in total. The van der Waals surface area contributed by atoms with E-state index in [1.165, 1.54) is 0 Å². The van der Waals surface area contributed by atoms with Crippen LogP contribution in [0.2, 0.25) is 0 Å². The molecule has 1 saturated heterocycles. The Bertz CT molecular complexity index is 840. The highest BCUT2D eigenvalue weighted by molar-refractivity contribution is 9.10. The van der Waals surface area contributed by atoms with E-state index in [0.29, 0.717) is 11.3 Å². The summed E-state index contributed by atoms with van der Waals surface area (Å²) in [5.74, 6) is -0.904. The lowest BCUT2D eigenvalue weighted by Crippen LogP contribution is -2.42. The first-order valence-corrected chi connectivity index (χ1v) is 8.45. The predicted octanol–water partition coefficient (Wildman–Crippen LogP) is 2.85. The van der Waals surface area contributed by atoms with Crippen LogP contribution in [0, 0.1) is 0 Å². The van der Waals surface area contributed by atoms with E-state index < -0.39 is 23.4 Å². The number of hydrogen-bond acceptors (Lipinski definition) is 3. The Morgan fingerprint density at radius 2 is 1.76 bits per heavy atom. The van der Waals surface area contributed by atoms with Crippen molar-refractivity contribution in [2.24, 2.45) is 0 Å². The zero-order valence-corrected chi connectivity index (χ0v) is 15.0. The SMILES string of the molecule is CC1(c2ccccc2)NC(=O)N(CC(=O)Nc2ccccc2Br)C1=O. The highest BCUT2D eigenvalue weighted by atomic mass is 79.9. The second kappa shape index (κ2) is 6.68. The molecule has 128 valence electrons. The molecule has 0 spiro atoms. The number of para-hydroxylation sites is 1. The van der Waals surface area contributed by atoms with Gasteiger partial charge in [0.2, 0.25) is 5.91 Å². The molecule has 1 aliphatic rings. The van der Waals surface area contributed by atoms with Gasteiger partial charge in [-0.25, -0.2) is 4.79 Å². The Hall–Kier alpha value is -2.67. The molecule has 2 aromatic carbocycles. The minimum Gasteiger partial charge on any atom is -0.324 e. The van der Waals surface area contributed by atoms with Crippen LogP contribution in [0.4, 0.5) is 10.5 Å². The van der Waals surface area contributed by atoms with Crippen LogP contribution in [-0.2, 0) is 15.1 Å². The minimum atomic E-state index is -1.17. The van der Waals surface area contributed by atoms with Gasteiger partial charge in [0.25, 0.3) is 5.91 Å². The second-order valence-electron chi connectivity index (χ2n) is 5.84. The lowest BCUT2D eigenvalue weighted by atomic mass is 9.92. The smallest absolute Gasteiger partial charge is 0.324 e. The molecule has 1 atom stereocenters. The van der Waals surface area contributed by atoms with Crippen molar-refractivity contribution in [3.05, 3.63) is 64.6 Å². The molecular formula is C18H16BrN3O3. The van der Waals surface area contributed by atoms with Crippen LogP contribution < -0.4 is 10.6 Å². The number of rotatable bonds is 4. The van der Waals surface area contributed by atoms with Gasteiger partial charge >= 0.3 is 6.03 Å². The number of halogens is 1. The second-order valence-corrected chi connectivity index (χ2v) is 6.69. The first-order valence-electron chi connectivity index (χ1n) is 7.66. The molecule has 1 unspecified atom stereocenters. The molecule has 3 rings (SSSR count). The first kappa shape index (κ1) is 17.2. The fraction of sp³-hybridized carbons (Fsp3) is 0.167. The monoisotopic (exact) mass is 401 g/mol. The van der Waals surface area contributed by atoms with E-state index in [-0.39, 0.29) is 6.54 Å². The molecule has 25 heavy (non-hydrogen) atoms. The van der Waals surface area contributed by atoms with Crippen molar-refractivity contribution in [1.82, 2.24) is 10.2 Å². The molecule has 1 aliphatic heterocycles. The highest BCUT2D eigenvalue weighted by Gasteiger charge is 2.49. The molecule has 0 aromatic heterocycles. The summed E-state index contributed by atoms with van der Waals surface area (Å²) < 4.78 is 0.717. The molecular weight excluding hydrogens is 386 g/mol. The fourth-order valence-corrected chi connectivity index (χ4v) is 3.09. The van der Waals surface area contributed by atoms with Crippen molar-refractivity contribution in [3.63, 3.8) is 0 Å². The van der Waals surface area contributed by atoms with Crippen molar-refractivity contribution in [2.45, 2.75) is 12.5 Å². The maximum atomic E-state index is 12.7. The Balaban J connectivity index is 1.75. The van der Waals surface area contributed by atoms with Gasteiger partial charge < -0.3 is 10.6 Å². The average molecular weight is 402 g/mol.